The van der Waals surface area contributed by atoms with E-state index in [-0.39, 0.29) is 63.4 Å². The predicted molar refractivity (Wildman–Crippen MR) is 154 cm³/mol. The van der Waals surface area contributed by atoms with Crippen LogP contribution in [0.5, 0.6) is 11.6 Å². The summed E-state index contributed by atoms with van der Waals surface area (Å²) in [7, 11) is 1.51. The molecule has 0 radical (unpaired) electrons. The van der Waals surface area contributed by atoms with Gasteiger partial charge in [-0.2, -0.15) is 0 Å². The first-order valence-electron chi connectivity index (χ1n) is 14.0. The lowest BCUT2D eigenvalue weighted by atomic mass is 9.95. The van der Waals surface area contributed by atoms with Gasteiger partial charge in [-0.05, 0) is 66.0 Å². The molecule has 3 aliphatic heterocycles. The number of hydrogen-bond donors (Lipinski definition) is 3. The normalized spacial score (nSPS) is 25.0. The highest BCUT2D eigenvalue weighted by molar-refractivity contribution is 6.07. The Morgan fingerprint density at radius 1 is 1.27 bits per heavy atom. The van der Waals surface area contributed by atoms with Gasteiger partial charge in [-0.15, -0.1) is 0 Å². The van der Waals surface area contributed by atoms with Gasteiger partial charge in [0.2, 0.25) is 5.88 Å². The summed E-state index contributed by atoms with van der Waals surface area (Å²) in [6.07, 6.45) is 1.57. The lowest BCUT2D eigenvalue weighted by Gasteiger charge is -2.46. The summed E-state index contributed by atoms with van der Waals surface area (Å²) in [4.78, 5) is 24.7. The van der Waals surface area contributed by atoms with Crippen LogP contribution >= 0.6 is 0 Å². The van der Waals surface area contributed by atoms with Gasteiger partial charge in [0.15, 0.2) is 17.4 Å². The van der Waals surface area contributed by atoms with Crippen molar-refractivity contribution in [1.29, 1.82) is 0 Å². The average Bonchev–Trinajstić information content (AvgIpc) is 3.13. The van der Waals surface area contributed by atoms with E-state index < -0.39 is 23.1 Å². The van der Waals surface area contributed by atoms with E-state index in [0.717, 1.165) is 18.9 Å². The van der Waals surface area contributed by atoms with Crippen LogP contribution in [0.25, 0.3) is 22.0 Å². The summed E-state index contributed by atoms with van der Waals surface area (Å²) in [5.74, 6) is -1.46. The Bertz CT molecular complexity index is 1610. The minimum absolute atomic E-state index is 0.0544. The number of nitrogens with two attached hydrogens (primary N) is 1. The zero-order valence-electron chi connectivity index (χ0n) is 24.4. The van der Waals surface area contributed by atoms with Gasteiger partial charge in [0.1, 0.15) is 28.9 Å². The van der Waals surface area contributed by atoms with Crippen LogP contribution in [0.15, 0.2) is 12.1 Å². The number of amides is 1. The van der Waals surface area contributed by atoms with Crippen LogP contribution in [-0.4, -0.2) is 58.8 Å². The van der Waals surface area contributed by atoms with Crippen molar-refractivity contribution in [2.75, 3.05) is 24.2 Å². The molecule has 41 heavy (non-hydrogen) atoms. The fourth-order valence-electron chi connectivity index (χ4n) is 6.66. The van der Waals surface area contributed by atoms with Gasteiger partial charge in [-0.3, -0.25) is 4.79 Å². The molecule has 4 N–H and O–H groups in total. The maximum Gasteiger partial charge on any atom is 0.270 e. The standard InChI is InChI=1S/C30H36F2N6O3/c1-13-19-20-26(35-22(13)27(39)34-7)38-12-30(6)9-8-18(37-30)24(38)14(2)40-28(20)36-23(21(19)32)16-10-15(33)11-17(31)25(16)41-29(3,4)5/h10-11,14,18,24,37H,8-9,12,33H2,1-7H3,(H,34,39). The van der Waals surface area contributed by atoms with E-state index in [1.54, 1.807) is 27.7 Å². The molecule has 0 aliphatic carbocycles. The second kappa shape index (κ2) is 9.14. The number of aromatic nitrogens is 2. The van der Waals surface area contributed by atoms with E-state index in [4.69, 9.17) is 20.2 Å². The zero-order chi connectivity index (χ0) is 29.6. The molecular weight excluding hydrogens is 530 g/mol. The Morgan fingerprint density at radius 2 is 2.00 bits per heavy atom. The van der Waals surface area contributed by atoms with E-state index in [1.807, 2.05) is 6.92 Å². The van der Waals surface area contributed by atoms with E-state index in [0.29, 0.717) is 23.3 Å². The molecule has 1 aromatic carbocycles. The summed E-state index contributed by atoms with van der Waals surface area (Å²) >= 11 is 0. The summed E-state index contributed by atoms with van der Waals surface area (Å²) in [5, 5.41) is 6.90. The molecule has 3 aliphatic rings. The highest BCUT2D eigenvalue weighted by Gasteiger charge is 2.51. The summed E-state index contributed by atoms with van der Waals surface area (Å²) in [6.45, 7) is 11.7. The minimum atomic E-state index is -0.791. The zero-order valence-corrected chi connectivity index (χ0v) is 24.4. The first kappa shape index (κ1) is 27.4. The van der Waals surface area contributed by atoms with Gasteiger partial charge in [-0.25, -0.2) is 18.7 Å². The number of hydrogen-bond acceptors (Lipinski definition) is 8. The highest BCUT2D eigenvalue weighted by Crippen LogP contribution is 2.48. The first-order valence-corrected chi connectivity index (χ1v) is 14.0. The largest absolute Gasteiger partial charge is 0.484 e. The Morgan fingerprint density at radius 3 is 2.68 bits per heavy atom. The van der Waals surface area contributed by atoms with Gasteiger partial charge >= 0.3 is 0 Å². The lowest BCUT2D eigenvalue weighted by Crippen LogP contribution is -2.66. The fourth-order valence-corrected chi connectivity index (χ4v) is 6.66. The molecule has 0 spiro atoms. The van der Waals surface area contributed by atoms with Gasteiger partial charge in [-0.1, -0.05) is 0 Å². The van der Waals surface area contributed by atoms with Crippen LogP contribution in [-0.2, 0) is 0 Å². The summed E-state index contributed by atoms with van der Waals surface area (Å²) < 4.78 is 44.7. The molecule has 9 nitrogen and oxygen atoms in total. The van der Waals surface area contributed by atoms with Crippen LogP contribution in [0, 0.1) is 18.6 Å². The number of aryl methyl sites for hydroxylation is 1. The number of carbonyl (C=O) groups excluding carboxylic acids is 1. The maximum absolute atomic E-state index is 16.9. The molecule has 2 fully saturated rings. The monoisotopic (exact) mass is 566 g/mol. The molecule has 4 atom stereocenters. The number of nitrogens with one attached hydrogen (secondary N) is 2. The number of halogens is 2. The van der Waals surface area contributed by atoms with Crippen LogP contribution in [0.2, 0.25) is 0 Å². The van der Waals surface area contributed by atoms with Crippen LogP contribution in [0.4, 0.5) is 20.3 Å². The maximum atomic E-state index is 16.9. The van der Waals surface area contributed by atoms with Crippen molar-refractivity contribution < 1.29 is 23.0 Å². The van der Waals surface area contributed by atoms with Crippen LogP contribution in [0.1, 0.15) is 63.5 Å². The Labute approximate surface area is 237 Å². The van der Waals surface area contributed by atoms with Crippen molar-refractivity contribution in [2.24, 2.45) is 0 Å². The molecule has 2 saturated heterocycles. The average molecular weight is 567 g/mol. The van der Waals surface area contributed by atoms with Crippen molar-refractivity contribution in [1.82, 2.24) is 20.6 Å². The number of pyridine rings is 2. The number of carbonyl (C=O) groups is 1. The molecule has 218 valence electrons. The lowest BCUT2D eigenvalue weighted by molar-refractivity contribution is 0.0957. The predicted octanol–water partition coefficient (Wildman–Crippen LogP) is 4.48. The Kier molecular flexibility index (Phi) is 6.12. The molecular formula is C30H36F2N6O3. The second-order valence-electron chi connectivity index (χ2n) is 12.7. The second-order valence-corrected chi connectivity index (χ2v) is 12.7. The van der Waals surface area contributed by atoms with E-state index in [2.05, 4.69) is 27.4 Å². The fraction of sp³-hybridized carbons (Fsp3) is 0.500. The van der Waals surface area contributed by atoms with E-state index in [1.165, 1.54) is 13.1 Å². The first-order chi connectivity index (χ1) is 19.2. The van der Waals surface area contributed by atoms with Gasteiger partial charge in [0.05, 0.1) is 17.0 Å². The molecule has 11 heteroatoms. The van der Waals surface area contributed by atoms with E-state index in [9.17, 15) is 4.79 Å². The van der Waals surface area contributed by atoms with Crippen molar-refractivity contribution in [3.05, 3.63) is 35.0 Å². The molecule has 2 bridgehead atoms. The van der Waals surface area contributed by atoms with Gasteiger partial charge < -0.3 is 30.7 Å². The minimum Gasteiger partial charge on any atom is -0.484 e. The molecule has 2 aromatic heterocycles. The van der Waals surface area contributed by atoms with Crippen molar-refractivity contribution in [2.45, 2.75) is 83.7 Å². The van der Waals surface area contributed by atoms with E-state index >= 15 is 8.78 Å². The Hall–Kier alpha value is -3.73. The molecule has 1 amide bonds. The number of fused-ring (bicyclic) bond motifs is 5. The van der Waals surface area contributed by atoms with Crippen molar-refractivity contribution >= 4 is 28.2 Å². The molecule has 0 saturated carbocycles. The third-order valence-electron chi connectivity index (χ3n) is 8.33. The number of nitrogens with zero attached hydrogens (tertiary/aromatic N) is 3. The summed E-state index contributed by atoms with van der Waals surface area (Å²) in [5.41, 5.74) is 5.47. The molecule has 6 rings (SSSR count). The quantitative estimate of drug-likeness (QED) is 0.398. The number of nitrogen functional groups attached to an aromatic ring is 1. The number of rotatable bonds is 3. The molecule has 4 unspecified atom stereocenters. The molecule has 3 aromatic rings. The van der Waals surface area contributed by atoms with Gasteiger partial charge in [0.25, 0.3) is 5.91 Å². The number of anilines is 2. The molecule has 5 heterocycles. The number of ether oxygens (including phenoxy) is 2. The topological polar surface area (TPSA) is 115 Å². The van der Waals surface area contributed by atoms with Gasteiger partial charge in [0, 0.05) is 42.3 Å². The third-order valence-corrected chi connectivity index (χ3v) is 8.33. The SMILES string of the molecule is CNC(=O)c1nc2c3c(nc(-c4cc(N)cc(F)c4OC(C)(C)C)c(F)c3c1C)OC(C)C1C3CCC(C)(CN21)N3. The smallest absolute Gasteiger partial charge is 0.270 e. The third kappa shape index (κ3) is 4.32. The Balaban J connectivity index is 1.70. The van der Waals surface area contributed by atoms with Crippen LogP contribution < -0.4 is 30.7 Å². The number of benzene rings is 1. The van der Waals surface area contributed by atoms with Crippen molar-refractivity contribution in [3.63, 3.8) is 0 Å². The summed E-state index contributed by atoms with van der Waals surface area (Å²) in [6, 6.07) is 2.55. The highest BCUT2D eigenvalue weighted by atomic mass is 19.1. The number of piperazine rings is 1. The van der Waals surface area contributed by atoms with Crippen molar-refractivity contribution in [3.8, 4) is 22.9 Å². The van der Waals surface area contributed by atoms with Crippen LogP contribution in [0.3, 0.4) is 0 Å².